The molecule has 0 spiro atoms. The molecular formula is C37H34Cl2N4O8. The van der Waals surface area contributed by atoms with Crippen LogP contribution in [0.15, 0.2) is 90.2 Å². The number of Topliss-reactive ketones (excluding diaryl/α,β-unsaturated/α-hetero) is 1. The van der Waals surface area contributed by atoms with Crippen LogP contribution in [0.5, 0.6) is 0 Å². The number of halogens is 2. The zero-order valence-corrected chi connectivity index (χ0v) is 29.4. The van der Waals surface area contributed by atoms with Crippen LogP contribution in [0.4, 0.5) is 0 Å². The average Bonchev–Trinajstić information content (AvgIpc) is 3.57. The van der Waals surface area contributed by atoms with Crippen LogP contribution in [0, 0.1) is 5.92 Å². The smallest absolute Gasteiger partial charge is 0.341 e. The van der Waals surface area contributed by atoms with Crippen LogP contribution in [-0.2, 0) is 29.6 Å². The standard InChI is InChI=1S/C37H34Cl2N4O8/c1-21(2)33(41-34(47)27-16-22-10-7-8-11-23(22)19-40-27)28-18-37(51-42-28,24-12-5-4-6-13-24)36(49)43(3)29(17-31(45)46)30(44)20-50-35(48)32-25(38)14-9-15-26(32)39/h4-16,19,21,29,33H,17-18,20H2,1-3H3,(H,41,47)(H,45,46)/t29-,33-,37?/m0/s1. The highest BCUT2D eigenvalue weighted by molar-refractivity contribution is 6.39. The van der Waals surface area contributed by atoms with Crippen molar-refractivity contribution < 1.29 is 38.7 Å². The molecule has 0 aliphatic carbocycles. The number of benzene rings is 3. The van der Waals surface area contributed by atoms with Gasteiger partial charge in [0.05, 0.1) is 33.8 Å². The number of likely N-dealkylation sites (N-methyl/N-ethyl adjacent to an activating group) is 1. The van der Waals surface area contributed by atoms with Gasteiger partial charge in [-0.05, 0) is 29.5 Å². The van der Waals surface area contributed by atoms with Crippen molar-refractivity contribution >= 4 is 69.2 Å². The highest BCUT2D eigenvalue weighted by Crippen LogP contribution is 2.39. The van der Waals surface area contributed by atoms with Crippen molar-refractivity contribution in [1.29, 1.82) is 0 Å². The maximum Gasteiger partial charge on any atom is 0.341 e. The van der Waals surface area contributed by atoms with Gasteiger partial charge in [0.15, 0.2) is 12.4 Å². The monoisotopic (exact) mass is 732 g/mol. The maximum atomic E-state index is 14.5. The molecule has 51 heavy (non-hydrogen) atoms. The fourth-order valence-electron chi connectivity index (χ4n) is 5.84. The fraction of sp³-hybridized carbons (Fsp3) is 0.270. The Bertz CT molecular complexity index is 2000. The van der Waals surface area contributed by atoms with E-state index in [1.807, 2.05) is 38.1 Å². The Kier molecular flexibility index (Phi) is 11.4. The SMILES string of the molecule is CC(C)[C@H](NC(=O)c1cc2ccccc2cn1)C1=NOC(C(=O)N(C)[C@@H](CC(=O)O)C(=O)COC(=O)c2c(Cl)cccc2Cl)(c2ccccc2)C1. The molecule has 12 nitrogen and oxygen atoms in total. The van der Waals surface area contributed by atoms with E-state index in [2.05, 4.69) is 15.5 Å². The van der Waals surface area contributed by atoms with Crippen LogP contribution in [0.1, 0.15) is 53.1 Å². The number of nitrogens with one attached hydrogen (secondary N) is 1. The van der Waals surface area contributed by atoms with E-state index in [0.29, 0.717) is 11.3 Å². The first-order valence-electron chi connectivity index (χ1n) is 15.9. The number of ketones is 1. The second-order valence-corrected chi connectivity index (χ2v) is 13.1. The lowest BCUT2D eigenvalue weighted by atomic mass is 9.83. The number of hydrogen-bond acceptors (Lipinski definition) is 9. The predicted octanol–water partition coefficient (Wildman–Crippen LogP) is 5.70. The zero-order chi connectivity index (χ0) is 36.9. The quantitative estimate of drug-likeness (QED) is 0.164. The molecule has 1 aromatic heterocycles. The van der Waals surface area contributed by atoms with E-state index in [4.69, 9.17) is 32.8 Å². The summed E-state index contributed by atoms with van der Waals surface area (Å²) < 4.78 is 5.16. The van der Waals surface area contributed by atoms with Gasteiger partial charge in [-0.2, -0.15) is 0 Å². The summed E-state index contributed by atoms with van der Waals surface area (Å²) in [5, 5.41) is 18.7. The molecule has 3 atom stereocenters. The number of esters is 1. The first-order chi connectivity index (χ1) is 24.3. The van der Waals surface area contributed by atoms with E-state index in [1.165, 1.54) is 25.2 Å². The number of amides is 2. The lowest BCUT2D eigenvalue weighted by Crippen LogP contribution is -2.54. The molecule has 1 aliphatic heterocycles. The third-order valence-electron chi connectivity index (χ3n) is 8.55. The van der Waals surface area contributed by atoms with Gasteiger partial charge < -0.3 is 24.9 Å². The van der Waals surface area contributed by atoms with Gasteiger partial charge in [-0.25, -0.2) is 4.79 Å². The van der Waals surface area contributed by atoms with E-state index in [0.717, 1.165) is 15.7 Å². The molecule has 2 heterocycles. The minimum absolute atomic E-state index is 0.00209. The van der Waals surface area contributed by atoms with Crippen molar-refractivity contribution in [2.24, 2.45) is 11.1 Å². The Labute approximate surface area is 303 Å². The van der Waals surface area contributed by atoms with Gasteiger partial charge in [0.1, 0.15) is 11.7 Å². The normalized spacial score (nSPS) is 16.5. The van der Waals surface area contributed by atoms with E-state index >= 15 is 0 Å². The van der Waals surface area contributed by atoms with E-state index in [1.54, 1.807) is 42.6 Å². The Hall–Kier alpha value is -5.33. The molecule has 1 aliphatic rings. The number of ether oxygens (including phenoxy) is 1. The number of nitrogens with zero attached hydrogens (tertiary/aromatic N) is 3. The third-order valence-corrected chi connectivity index (χ3v) is 9.18. The van der Waals surface area contributed by atoms with Gasteiger partial charge in [-0.15, -0.1) is 0 Å². The number of rotatable bonds is 13. The van der Waals surface area contributed by atoms with Gasteiger partial charge in [-0.3, -0.25) is 24.2 Å². The fourth-order valence-corrected chi connectivity index (χ4v) is 6.39. The molecule has 2 amide bonds. The number of aliphatic carboxylic acids is 1. The number of carbonyl (C=O) groups is 5. The molecule has 4 aromatic rings. The Morgan fingerprint density at radius 2 is 1.61 bits per heavy atom. The molecule has 0 radical (unpaired) electrons. The van der Waals surface area contributed by atoms with Gasteiger partial charge >= 0.3 is 11.9 Å². The van der Waals surface area contributed by atoms with Crippen molar-refractivity contribution in [3.05, 3.63) is 112 Å². The van der Waals surface area contributed by atoms with E-state index in [9.17, 15) is 29.1 Å². The number of aromatic nitrogens is 1. The topological polar surface area (TPSA) is 165 Å². The summed E-state index contributed by atoms with van der Waals surface area (Å²) in [6, 6.07) is 19.7. The Morgan fingerprint density at radius 3 is 2.25 bits per heavy atom. The summed E-state index contributed by atoms with van der Waals surface area (Å²) in [6.07, 6.45) is 0.678. The lowest BCUT2D eigenvalue weighted by Gasteiger charge is -2.34. The number of carbonyl (C=O) groups excluding carboxylic acids is 4. The molecule has 14 heteroatoms. The lowest BCUT2D eigenvalue weighted by molar-refractivity contribution is -0.161. The molecule has 2 N–H and O–H groups in total. The van der Waals surface area contributed by atoms with E-state index < -0.39 is 60.2 Å². The van der Waals surface area contributed by atoms with Crippen LogP contribution >= 0.6 is 23.2 Å². The molecule has 5 rings (SSSR count). The summed E-state index contributed by atoms with van der Waals surface area (Å²) in [6.45, 7) is 2.87. The summed E-state index contributed by atoms with van der Waals surface area (Å²) in [5.41, 5.74) is -1.08. The predicted molar refractivity (Wildman–Crippen MR) is 190 cm³/mol. The molecule has 264 valence electrons. The van der Waals surface area contributed by atoms with Gasteiger partial charge in [-0.1, -0.05) is 103 Å². The maximum absolute atomic E-state index is 14.5. The summed E-state index contributed by atoms with van der Waals surface area (Å²) in [5.74, 6) is -4.70. The molecule has 0 fully saturated rings. The number of fused-ring (bicyclic) bond motifs is 1. The number of oxime groups is 1. The molecular weight excluding hydrogens is 699 g/mol. The average molecular weight is 734 g/mol. The Balaban J connectivity index is 1.39. The largest absolute Gasteiger partial charge is 0.481 e. The van der Waals surface area contributed by atoms with Crippen LogP contribution in [0.3, 0.4) is 0 Å². The highest BCUT2D eigenvalue weighted by Gasteiger charge is 2.53. The number of pyridine rings is 1. The highest BCUT2D eigenvalue weighted by atomic mass is 35.5. The van der Waals surface area contributed by atoms with Crippen LogP contribution in [0.25, 0.3) is 10.8 Å². The molecule has 3 aromatic carbocycles. The molecule has 0 saturated heterocycles. The van der Waals surface area contributed by atoms with Gasteiger partial charge in [0, 0.05) is 30.6 Å². The third kappa shape index (κ3) is 8.03. The summed E-state index contributed by atoms with van der Waals surface area (Å²) in [7, 11) is 1.26. The molecule has 0 bridgehead atoms. The second-order valence-electron chi connectivity index (χ2n) is 12.3. The molecule has 1 unspecified atom stereocenters. The number of carboxylic acid groups (broad SMARTS) is 1. The minimum Gasteiger partial charge on any atom is -0.481 e. The van der Waals surface area contributed by atoms with Crippen LogP contribution in [0.2, 0.25) is 10.0 Å². The van der Waals surface area contributed by atoms with Crippen LogP contribution in [-0.4, -0.2) is 76.0 Å². The van der Waals surface area contributed by atoms with Crippen molar-refractivity contribution in [2.45, 2.75) is 44.4 Å². The molecule has 0 saturated carbocycles. The van der Waals surface area contributed by atoms with Crippen molar-refractivity contribution in [1.82, 2.24) is 15.2 Å². The van der Waals surface area contributed by atoms with Gasteiger partial charge in [0.25, 0.3) is 11.8 Å². The van der Waals surface area contributed by atoms with Crippen molar-refractivity contribution in [3.63, 3.8) is 0 Å². The second kappa shape index (κ2) is 15.7. The zero-order valence-electron chi connectivity index (χ0n) is 27.8. The number of carboxylic acids is 1. The number of hydrogen-bond donors (Lipinski definition) is 2. The summed E-state index contributed by atoms with van der Waals surface area (Å²) >= 11 is 12.2. The Morgan fingerprint density at radius 1 is 0.961 bits per heavy atom. The van der Waals surface area contributed by atoms with Gasteiger partial charge in [0.2, 0.25) is 5.60 Å². The van der Waals surface area contributed by atoms with Crippen LogP contribution < -0.4 is 5.32 Å². The summed E-state index contributed by atoms with van der Waals surface area (Å²) in [4.78, 5) is 77.3. The minimum atomic E-state index is -1.83. The first-order valence-corrected chi connectivity index (χ1v) is 16.7. The van der Waals surface area contributed by atoms with Crippen molar-refractivity contribution in [2.75, 3.05) is 13.7 Å². The first kappa shape index (κ1) is 36.9. The van der Waals surface area contributed by atoms with Crippen molar-refractivity contribution in [3.8, 4) is 0 Å². The van der Waals surface area contributed by atoms with E-state index in [-0.39, 0.29) is 33.6 Å².